The van der Waals surface area contributed by atoms with Crippen molar-refractivity contribution < 1.29 is 12.9 Å². The van der Waals surface area contributed by atoms with Gasteiger partial charge in [0.15, 0.2) is 0 Å². The molecular weight excluding hydrogens is 386 g/mol. The zero-order valence-electron chi connectivity index (χ0n) is 14.5. The van der Waals surface area contributed by atoms with Gasteiger partial charge in [0.25, 0.3) is 0 Å². The summed E-state index contributed by atoms with van der Waals surface area (Å²) in [7, 11) is -3.52. The largest absolute Gasteiger partial charge is 0.339 e. The second kappa shape index (κ2) is 7.42. The Hall–Kier alpha value is -2.22. The molecule has 27 heavy (non-hydrogen) atoms. The number of hydrogen-bond acceptors (Lipinski definition) is 5. The van der Waals surface area contributed by atoms with Crippen LogP contribution in [0.4, 0.5) is 0 Å². The maximum atomic E-state index is 12.9. The molecule has 1 aliphatic heterocycles. The SMILES string of the molecule is O=S(=O)(c1ccccc1)N1CCC[C@@H](c2nc(-c3ccc(Cl)cc3)no2)C1. The van der Waals surface area contributed by atoms with Gasteiger partial charge in [-0.15, -0.1) is 0 Å². The molecule has 0 radical (unpaired) electrons. The third kappa shape index (κ3) is 3.76. The van der Waals surface area contributed by atoms with Crippen molar-refractivity contribution in [2.45, 2.75) is 23.7 Å². The smallest absolute Gasteiger partial charge is 0.243 e. The third-order valence-corrected chi connectivity index (χ3v) is 6.79. The number of rotatable bonds is 4. The van der Waals surface area contributed by atoms with Crippen molar-refractivity contribution in [1.29, 1.82) is 0 Å². The average molecular weight is 404 g/mol. The third-order valence-electron chi connectivity index (χ3n) is 4.66. The van der Waals surface area contributed by atoms with E-state index in [1.54, 1.807) is 42.5 Å². The molecule has 1 aliphatic rings. The Kier molecular flexibility index (Phi) is 4.99. The highest BCUT2D eigenvalue weighted by Gasteiger charge is 2.33. The molecule has 4 rings (SSSR count). The Bertz CT molecular complexity index is 1020. The maximum Gasteiger partial charge on any atom is 0.243 e. The Morgan fingerprint density at radius 3 is 2.56 bits per heavy atom. The van der Waals surface area contributed by atoms with Crippen molar-refractivity contribution in [3.63, 3.8) is 0 Å². The highest BCUT2D eigenvalue weighted by Crippen LogP contribution is 2.30. The summed E-state index contributed by atoms with van der Waals surface area (Å²) in [5.41, 5.74) is 0.805. The molecule has 1 aromatic heterocycles. The van der Waals surface area contributed by atoms with Gasteiger partial charge in [-0.25, -0.2) is 8.42 Å². The van der Waals surface area contributed by atoms with Gasteiger partial charge in [-0.05, 0) is 49.2 Å². The van der Waals surface area contributed by atoms with Crippen LogP contribution in [0.15, 0.2) is 64.0 Å². The van der Waals surface area contributed by atoms with Gasteiger partial charge in [0.2, 0.25) is 21.7 Å². The van der Waals surface area contributed by atoms with Gasteiger partial charge in [0.1, 0.15) is 0 Å². The number of halogens is 1. The summed E-state index contributed by atoms with van der Waals surface area (Å²) in [6, 6.07) is 15.7. The van der Waals surface area contributed by atoms with Crippen molar-refractivity contribution in [3.8, 4) is 11.4 Å². The molecule has 0 bridgehead atoms. The first-order valence-electron chi connectivity index (χ1n) is 8.69. The first-order chi connectivity index (χ1) is 13.0. The van der Waals surface area contributed by atoms with E-state index in [-0.39, 0.29) is 5.92 Å². The van der Waals surface area contributed by atoms with Crippen LogP contribution in [0.2, 0.25) is 5.02 Å². The lowest BCUT2D eigenvalue weighted by atomic mass is 10.00. The van der Waals surface area contributed by atoms with E-state index >= 15 is 0 Å². The molecule has 0 spiro atoms. The fourth-order valence-electron chi connectivity index (χ4n) is 3.22. The lowest BCUT2D eigenvalue weighted by Crippen LogP contribution is -2.39. The average Bonchev–Trinajstić information content (AvgIpc) is 3.20. The number of piperidine rings is 1. The molecule has 6 nitrogen and oxygen atoms in total. The van der Waals surface area contributed by atoms with Crippen LogP contribution >= 0.6 is 11.6 Å². The standard InChI is InChI=1S/C19H18ClN3O3S/c20-16-10-8-14(9-11-16)18-21-19(26-22-18)15-5-4-12-23(13-15)27(24,25)17-6-2-1-3-7-17/h1-3,6-11,15H,4-5,12-13H2/t15-/m1/s1. The molecule has 3 aromatic rings. The zero-order chi connectivity index (χ0) is 18.9. The molecule has 1 atom stereocenters. The van der Waals surface area contributed by atoms with Crippen LogP contribution in [-0.4, -0.2) is 36.0 Å². The van der Waals surface area contributed by atoms with Gasteiger partial charge in [-0.1, -0.05) is 35.0 Å². The van der Waals surface area contributed by atoms with Crippen LogP contribution in [0.5, 0.6) is 0 Å². The summed E-state index contributed by atoms with van der Waals surface area (Å²) < 4.78 is 32.7. The van der Waals surface area contributed by atoms with Gasteiger partial charge in [-0.3, -0.25) is 0 Å². The lowest BCUT2D eigenvalue weighted by Gasteiger charge is -2.30. The van der Waals surface area contributed by atoms with Gasteiger partial charge in [-0.2, -0.15) is 9.29 Å². The fraction of sp³-hybridized carbons (Fsp3) is 0.263. The number of nitrogens with zero attached hydrogens (tertiary/aromatic N) is 3. The number of hydrogen-bond donors (Lipinski definition) is 0. The first-order valence-corrected chi connectivity index (χ1v) is 10.5. The highest BCUT2D eigenvalue weighted by molar-refractivity contribution is 7.89. The molecule has 0 saturated carbocycles. The quantitative estimate of drug-likeness (QED) is 0.659. The van der Waals surface area contributed by atoms with E-state index in [9.17, 15) is 8.42 Å². The van der Waals surface area contributed by atoms with Crippen LogP contribution < -0.4 is 0 Å². The van der Waals surface area contributed by atoms with E-state index in [0.29, 0.717) is 34.7 Å². The molecule has 0 N–H and O–H groups in total. The van der Waals surface area contributed by atoms with E-state index < -0.39 is 10.0 Å². The molecule has 0 amide bonds. The molecule has 2 aromatic carbocycles. The summed E-state index contributed by atoms with van der Waals surface area (Å²) in [6.45, 7) is 0.825. The summed E-state index contributed by atoms with van der Waals surface area (Å²) >= 11 is 5.91. The second-order valence-electron chi connectivity index (χ2n) is 6.48. The van der Waals surface area contributed by atoms with Crippen LogP contribution in [0.1, 0.15) is 24.7 Å². The monoisotopic (exact) mass is 403 g/mol. The molecular formula is C19H18ClN3O3S. The van der Waals surface area contributed by atoms with Crippen LogP contribution in [-0.2, 0) is 10.0 Å². The Morgan fingerprint density at radius 2 is 1.81 bits per heavy atom. The van der Waals surface area contributed by atoms with Gasteiger partial charge < -0.3 is 4.52 Å². The van der Waals surface area contributed by atoms with Crippen molar-refractivity contribution in [2.75, 3.05) is 13.1 Å². The summed E-state index contributed by atoms with van der Waals surface area (Å²) in [4.78, 5) is 4.78. The molecule has 1 saturated heterocycles. The Morgan fingerprint density at radius 1 is 1.07 bits per heavy atom. The van der Waals surface area contributed by atoms with Crippen molar-refractivity contribution >= 4 is 21.6 Å². The van der Waals surface area contributed by atoms with Crippen molar-refractivity contribution in [1.82, 2.24) is 14.4 Å². The predicted octanol–water partition coefficient (Wildman–Crippen LogP) is 3.96. The van der Waals surface area contributed by atoms with Crippen LogP contribution in [0.3, 0.4) is 0 Å². The zero-order valence-corrected chi connectivity index (χ0v) is 16.0. The lowest BCUT2D eigenvalue weighted by molar-refractivity contribution is 0.265. The second-order valence-corrected chi connectivity index (χ2v) is 8.85. The first kappa shape index (κ1) is 18.2. The van der Waals surface area contributed by atoms with Crippen molar-refractivity contribution in [2.24, 2.45) is 0 Å². The molecule has 0 unspecified atom stereocenters. The molecule has 140 valence electrons. The minimum absolute atomic E-state index is 0.120. The number of benzene rings is 2. The van der Waals surface area contributed by atoms with E-state index in [0.717, 1.165) is 18.4 Å². The van der Waals surface area contributed by atoms with E-state index in [2.05, 4.69) is 10.1 Å². The molecule has 1 fully saturated rings. The summed E-state index contributed by atoms with van der Waals surface area (Å²) in [5, 5.41) is 4.68. The summed E-state index contributed by atoms with van der Waals surface area (Å²) in [6.07, 6.45) is 1.55. The van der Waals surface area contributed by atoms with Crippen LogP contribution in [0, 0.1) is 0 Å². The van der Waals surface area contributed by atoms with Gasteiger partial charge in [0, 0.05) is 23.7 Å². The van der Waals surface area contributed by atoms with Gasteiger partial charge in [0.05, 0.1) is 10.8 Å². The molecule has 2 heterocycles. The van der Waals surface area contributed by atoms with Gasteiger partial charge >= 0.3 is 0 Å². The van der Waals surface area contributed by atoms with Crippen molar-refractivity contribution in [3.05, 3.63) is 65.5 Å². The topological polar surface area (TPSA) is 76.3 Å². The summed E-state index contributed by atoms with van der Waals surface area (Å²) in [5.74, 6) is 0.823. The van der Waals surface area contributed by atoms with E-state index in [1.165, 1.54) is 4.31 Å². The maximum absolute atomic E-state index is 12.9. The highest BCUT2D eigenvalue weighted by atomic mass is 35.5. The number of sulfonamides is 1. The Labute approximate surface area is 162 Å². The molecule has 0 aliphatic carbocycles. The molecule has 8 heteroatoms. The number of aromatic nitrogens is 2. The van der Waals surface area contributed by atoms with E-state index in [4.69, 9.17) is 16.1 Å². The fourth-order valence-corrected chi connectivity index (χ4v) is 4.89. The minimum Gasteiger partial charge on any atom is -0.339 e. The minimum atomic E-state index is -3.52. The Balaban J connectivity index is 1.55. The van der Waals surface area contributed by atoms with Crippen LogP contribution in [0.25, 0.3) is 11.4 Å². The normalized spacial score (nSPS) is 18.5. The van der Waals surface area contributed by atoms with E-state index in [1.807, 2.05) is 12.1 Å². The predicted molar refractivity (Wildman–Crippen MR) is 102 cm³/mol.